The second-order valence-corrected chi connectivity index (χ2v) is 5.93. The number of alkyl halides is 2. The summed E-state index contributed by atoms with van der Waals surface area (Å²) in [6.45, 7) is 0.615. The maximum absolute atomic E-state index is 12.4. The molecule has 0 N–H and O–H groups in total. The first-order chi connectivity index (χ1) is 13.4. The summed E-state index contributed by atoms with van der Waals surface area (Å²) in [7, 11) is 1.34. The highest BCUT2D eigenvalue weighted by Crippen LogP contribution is 2.29. The molecular weight excluding hydrogens is 374 g/mol. The van der Waals surface area contributed by atoms with Crippen LogP contribution in [-0.4, -0.2) is 39.3 Å². The maximum Gasteiger partial charge on any atom is 0.387 e. The van der Waals surface area contributed by atoms with Crippen molar-refractivity contribution in [1.29, 1.82) is 0 Å². The van der Waals surface area contributed by atoms with Crippen molar-refractivity contribution in [2.24, 2.45) is 0 Å². The molecule has 0 saturated heterocycles. The number of rotatable bonds is 7. The van der Waals surface area contributed by atoms with E-state index in [9.17, 15) is 13.6 Å². The molecule has 0 saturated carbocycles. The van der Waals surface area contributed by atoms with Crippen molar-refractivity contribution in [2.45, 2.75) is 33.5 Å². The number of esters is 1. The normalized spacial score (nSPS) is 11.1. The summed E-state index contributed by atoms with van der Waals surface area (Å²) < 4.78 is 41.0. The van der Waals surface area contributed by atoms with Gasteiger partial charge in [0.15, 0.2) is 11.5 Å². The number of nitrogens with zero attached hydrogens (tertiary/aromatic N) is 4. The molecule has 0 bridgehead atoms. The van der Waals surface area contributed by atoms with Crippen molar-refractivity contribution >= 4 is 11.7 Å². The minimum Gasteiger partial charge on any atom is -0.493 e. The molecule has 2 aromatic heterocycles. The molecule has 2 heterocycles. The summed E-state index contributed by atoms with van der Waals surface area (Å²) in [5.41, 5.74) is 2.71. The number of aryl methyl sites for hydroxylation is 2. The van der Waals surface area contributed by atoms with Gasteiger partial charge in [0.05, 0.1) is 13.5 Å². The number of hydrogen-bond acceptors (Lipinski definition) is 7. The van der Waals surface area contributed by atoms with Crippen LogP contribution in [0, 0.1) is 13.8 Å². The average Bonchev–Trinajstić information content (AvgIpc) is 3.12. The van der Waals surface area contributed by atoms with E-state index in [0.29, 0.717) is 22.6 Å². The zero-order valence-electron chi connectivity index (χ0n) is 15.5. The zero-order chi connectivity index (χ0) is 20.3. The van der Waals surface area contributed by atoms with E-state index in [1.54, 1.807) is 11.4 Å². The zero-order valence-corrected chi connectivity index (χ0v) is 15.5. The predicted octanol–water partition coefficient (Wildman–Crippen LogP) is 2.64. The molecule has 0 atom stereocenters. The Morgan fingerprint density at radius 1 is 1.25 bits per heavy atom. The second kappa shape index (κ2) is 8.15. The fourth-order valence-electron chi connectivity index (χ4n) is 2.77. The third-order valence-corrected chi connectivity index (χ3v) is 4.15. The fraction of sp³-hybridized carbons (Fsp3) is 0.333. The van der Waals surface area contributed by atoms with Crippen LogP contribution < -0.4 is 9.47 Å². The number of halogens is 2. The van der Waals surface area contributed by atoms with Gasteiger partial charge < -0.3 is 14.2 Å². The van der Waals surface area contributed by atoms with Gasteiger partial charge in [-0.3, -0.25) is 4.79 Å². The van der Waals surface area contributed by atoms with E-state index in [4.69, 9.17) is 9.47 Å². The molecule has 0 radical (unpaired) electrons. The monoisotopic (exact) mass is 392 g/mol. The minimum atomic E-state index is -2.96. The Kier molecular flexibility index (Phi) is 5.67. The van der Waals surface area contributed by atoms with Gasteiger partial charge in [-0.15, -0.1) is 0 Å². The largest absolute Gasteiger partial charge is 0.493 e. The van der Waals surface area contributed by atoms with Gasteiger partial charge in [-0.05, 0) is 31.5 Å². The van der Waals surface area contributed by atoms with Crippen LogP contribution in [0.2, 0.25) is 0 Å². The third kappa shape index (κ3) is 4.16. The molecular formula is C18H18F2N4O4. The Bertz CT molecular complexity index is 1010. The van der Waals surface area contributed by atoms with E-state index in [1.807, 2.05) is 6.92 Å². The van der Waals surface area contributed by atoms with Crippen LogP contribution >= 0.6 is 0 Å². The van der Waals surface area contributed by atoms with Gasteiger partial charge in [0, 0.05) is 17.0 Å². The number of carbonyl (C=O) groups is 1. The Balaban J connectivity index is 1.68. The lowest BCUT2D eigenvalue weighted by Crippen LogP contribution is -2.13. The van der Waals surface area contributed by atoms with Crippen LogP contribution in [0.1, 0.15) is 22.5 Å². The second-order valence-electron chi connectivity index (χ2n) is 5.93. The van der Waals surface area contributed by atoms with E-state index in [2.05, 4.69) is 19.8 Å². The third-order valence-electron chi connectivity index (χ3n) is 4.15. The molecule has 28 heavy (non-hydrogen) atoms. The number of hydrogen-bond donors (Lipinski definition) is 0. The van der Waals surface area contributed by atoms with Crippen molar-refractivity contribution in [1.82, 2.24) is 19.6 Å². The molecule has 3 rings (SSSR count). The van der Waals surface area contributed by atoms with Gasteiger partial charge in [-0.2, -0.15) is 18.9 Å². The van der Waals surface area contributed by atoms with E-state index in [-0.39, 0.29) is 24.5 Å². The summed E-state index contributed by atoms with van der Waals surface area (Å²) in [6, 6.07) is 4.34. The number of benzene rings is 1. The van der Waals surface area contributed by atoms with E-state index < -0.39 is 12.6 Å². The molecule has 0 aliphatic carbocycles. The van der Waals surface area contributed by atoms with Crippen LogP contribution in [0.25, 0.3) is 5.78 Å². The van der Waals surface area contributed by atoms with Gasteiger partial charge >= 0.3 is 12.6 Å². The lowest BCUT2D eigenvalue weighted by molar-refractivity contribution is -0.144. The van der Waals surface area contributed by atoms with Crippen LogP contribution in [0.5, 0.6) is 11.5 Å². The fourth-order valence-corrected chi connectivity index (χ4v) is 2.77. The van der Waals surface area contributed by atoms with E-state index >= 15 is 0 Å². The lowest BCUT2D eigenvalue weighted by atomic mass is 10.1. The Morgan fingerprint density at radius 3 is 2.75 bits per heavy atom. The van der Waals surface area contributed by atoms with Crippen molar-refractivity contribution in [2.75, 3.05) is 7.11 Å². The van der Waals surface area contributed by atoms with Crippen molar-refractivity contribution in [3.05, 3.63) is 47.0 Å². The first-order valence-electron chi connectivity index (χ1n) is 8.32. The SMILES string of the molecule is COc1cc(COC(=O)Cc2c(C)nc3ncnn3c2C)ccc1OC(F)F. The smallest absolute Gasteiger partial charge is 0.387 e. The van der Waals surface area contributed by atoms with Gasteiger partial charge in [0.25, 0.3) is 5.78 Å². The molecule has 0 fully saturated rings. The minimum absolute atomic E-state index is 0.0180. The first kappa shape index (κ1) is 19.5. The number of fused-ring (bicyclic) bond motifs is 1. The molecule has 148 valence electrons. The molecule has 0 amide bonds. The highest BCUT2D eigenvalue weighted by molar-refractivity contribution is 5.73. The summed E-state index contributed by atoms with van der Waals surface area (Å²) >= 11 is 0. The standard InChI is InChI=1S/C18H18F2N4O4/c1-10-13(11(2)24-18(23-10)21-9-22-24)7-16(25)27-8-12-4-5-14(28-17(19)20)15(6-12)26-3/h4-6,9,17H,7-8H2,1-3H3. The van der Waals surface area contributed by atoms with Crippen molar-refractivity contribution in [3.8, 4) is 11.5 Å². The molecule has 1 aromatic carbocycles. The molecule has 0 unspecified atom stereocenters. The highest BCUT2D eigenvalue weighted by atomic mass is 19.3. The van der Waals surface area contributed by atoms with Crippen LogP contribution in [0.15, 0.2) is 24.5 Å². The summed E-state index contributed by atoms with van der Waals surface area (Å²) in [5.74, 6) is 0.0389. The topological polar surface area (TPSA) is 87.8 Å². The molecule has 10 heteroatoms. The van der Waals surface area contributed by atoms with Crippen LogP contribution in [0.4, 0.5) is 8.78 Å². The molecule has 0 spiro atoms. The molecule has 8 nitrogen and oxygen atoms in total. The van der Waals surface area contributed by atoms with E-state index in [1.165, 1.54) is 31.6 Å². The molecule has 0 aliphatic rings. The number of aromatic nitrogens is 4. The predicted molar refractivity (Wildman–Crippen MR) is 93.4 cm³/mol. The Morgan fingerprint density at radius 2 is 2.04 bits per heavy atom. The maximum atomic E-state index is 12.4. The van der Waals surface area contributed by atoms with E-state index in [0.717, 1.165) is 5.69 Å². The van der Waals surface area contributed by atoms with Crippen molar-refractivity contribution < 1.29 is 27.8 Å². The van der Waals surface area contributed by atoms with Gasteiger partial charge in [0.1, 0.15) is 12.9 Å². The summed E-state index contributed by atoms with van der Waals surface area (Å²) in [4.78, 5) is 20.6. The van der Waals surface area contributed by atoms with Crippen molar-refractivity contribution in [3.63, 3.8) is 0 Å². The summed E-state index contributed by atoms with van der Waals surface area (Å²) in [6.07, 6.45) is 1.41. The lowest BCUT2D eigenvalue weighted by Gasteiger charge is -2.12. The highest BCUT2D eigenvalue weighted by Gasteiger charge is 2.16. The number of methoxy groups -OCH3 is 1. The van der Waals surface area contributed by atoms with Gasteiger partial charge in [-0.25, -0.2) is 9.50 Å². The summed E-state index contributed by atoms with van der Waals surface area (Å²) in [5, 5.41) is 4.08. The van der Waals surface area contributed by atoms with Crippen LogP contribution in [0.3, 0.4) is 0 Å². The average molecular weight is 392 g/mol. The molecule has 3 aromatic rings. The molecule has 0 aliphatic heterocycles. The number of ether oxygens (including phenoxy) is 3. The Hall–Kier alpha value is -3.30. The quantitative estimate of drug-likeness (QED) is 0.571. The number of carbonyl (C=O) groups excluding carboxylic acids is 1. The Labute approximate surface area is 159 Å². The first-order valence-corrected chi connectivity index (χ1v) is 8.32. The van der Waals surface area contributed by atoms with Gasteiger partial charge in [0.2, 0.25) is 0 Å². The van der Waals surface area contributed by atoms with Crippen LogP contribution in [-0.2, 0) is 22.6 Å². The van der Waals surface area contributed by atoms with Gasteiger partial charge in [-0.1, -0.05) is 6.07 Å².